The van der Waals surface area contributed by atoms with Crippen LogP contribution in [0.25, 0.3) is 0 Å². The van der Waals surface area contributed by atoms with Crippen LogP contribution in [0.1, 0.15) is 0 Å². The molecule has 2 nitrogen and oxygen atoms in total. The molecule has 0 aromatic heterocycles. The fourth-order valence-corrected chi connectivity index (χ4v) is 0. The van der Waals surface area contributed by atoms with E-state index >= 15 is 0 Å². The summed E-state index contributed by atoms with van der Waals surface area (Å²) in [4.78, 5) is 0. The zero-order valence-corrected chi connectivity index (χ0v) is 3.50. The van der Waals surface area contributed by atoms with Crippen molar-refractivity contribution in [2.75, 3.05) is 0 Å². The molecule has 0 rings (SSSR count). The summed E-state index contributed by atoms with van der Waals surface area (Å²) in [6, 6.07) is 0. The quantitative estimate of drug-likeness (QED) is 0.348. The Hall–Kier alpha value is 0.460. The van der Waals surface area contributed by atoms with E-state index in [9.17, 15) is 0 Å². The van der Waals surface area contributed by atoms with Gasteiger partial charge in [0.25, 0.3) is 0 Å². The highest BCUT2D eigenvalue weighted by Gasteiger charge is 1.46. The Morgan fingerprint density at radius 2 is 2.25 bits per heavy atom. The molecule has 0 aromatic carbocycles. The summed E-state index contributed by atoms with van der Waals surface area (Å²) in [6.07, 6.45) is 0. The zero-order valence-electron chi connectivity index (χ0n) is 1.71. The minimum absolute atomic E-state index is 0.387. The monoisotopic (exact) mass is 97.9 g/mol. The summed E-state index contributed by atoms with van der Waals surface area (Å²) in [7, 11) is 0. The second-order valence-corrected chi connectivity index (χ2v) is 0.958. The lowest BCUT2D eigenvalue weighted by atomic mass is 15.9. The number of hydrogen-bond donors (Lipinski definition) is 2. The van der Waals surface area contributed by atoms with Gasteiger partial charge < -0.3 is 0 Å². The summed E-state index contributed by atoms with van der Waals surface area (Å²) in [5, 5.41) is 0. The van der Waals surface area contributed by atoms with Gasteiger partial charge in [0.05, 0.1) is 0 Å². The molecule has 0 bridgehead atoms. The summed E-state index contributed by atoms with van der Waals surface area (Å²) >= 11 is 2.71. The molecular weight excluding hydrogens is 96.1 g/mol. The minimum Gasteiger partial charge on any atom is -0.232 e. The van der Waals surface area contributed by atoms with Crippen LogP contribution in [0.3, 0.4) is 0 Å². The second kappa shape index (κ2) is 3.46. The van der Waals surface area contributed by atoms with Gasteiger partial charge >= 0.3 is 0 Å². The fraction of sp³-hybridized carbons (Fsp3) is 0. The molecule has 0 atom stereocenters. The maximum atomic E-state index is 8.97. The van der Waals surface area contributed by atoms with Gasteiger partial charge in [0, 0.05) is 0 Å². The Bertz CT molecular complexity index is 18.0. The second-order valence-electron chi connectivity index (χ2n) is 0.156. The number of thiol groups is 2. The largest absolute Gasteiger partial charge is 0.232 e. The van der Waals surface area contributed by atoms with Crippen molar-refractivity contribution >= 4 is 24.9 Å². The summed E-state index contributed by atoms with van der Waals surface area (Å²) < 4.78 is 12.6. The molecule has 4 heteroatoms. The lowest BCUT2D eigenvalue weighted by Gasteiger charge is -1.59. The van der Waals surface area contributed by atoms with Gasteiger partial charge in [-0.15, -0.1) is 0 Å². The van der Waals surface area contributed by atoms with Crippen molar-refractivity contribution in [3.63, 3.8) is 0 Å². The van der Waals surface area contributed by atoms with E-state index in [4.69, 9.17) is 4.21 Å². The highest BCUT2D eigenvalue weighted by atomic mass is 32.2. The van der Waals surface area contributed by atoms with Crippen molar-refractivity contribution in [3.05, 3.63) is 0 Å². The highest BCUT2D eigenvalue weighted by Crippen LogP contribution is 1.65. The fourth-order valence-electron chi connectivity index (χ4n) is 0. The average Bonchev–Trinajstić information content (AvgIpc) is 1.37. The van der Waals surface area contributed by atoms with Crippen LogP contribution in [0, 0.1) is 0 Å². The van der Waals surface area contributed by atoms with Crippen LogP contribution in [0.2, 0.25) is 0 Å². The van der Waals surface area contributed by atoms with Crippen LogP contribution in [-0.2, 0) is 15.6 Å². The van der Waals surface area contributed by atoms with E-state index in [0.717, 1.165) is 0 Å². The van der Waals surface area contributed by atoms with Crippen molar-refractivity contribution < 1.29 is 7.84 Å². The summed E-state index contributed by atoms with van der Waals surface area (Å²) in [5.41, 5.74) is 0. The van der Waals surface area contributed by atoms with Crippen molar-refractivity contribution in [1.82, 2.24) is 0 Å². The highest BCUT2D eigenvalue weighted by molar-refractivity contribution is 7.83. The SMILES string of the molecule is O=[SH]OS. The first-order valence-corrected chi connectivity index (χ1v) is 1.64. The predicted octanol–water partition coefficient (Wildman–Crippen LogP) is -0.292. The van der Waals surface area contributed by atoms with E-state index in [1.807, 2.05) is 0 Å². The van der Waals surface area contributed by atoms with Gasteiger partial charge in [-0.1, -0.05) is 0 Å². The van der Waals surface area contributed by atoms with Crippen LogP contribution in [0.15, 0.2) is 0 Å². The third-order valence-electron chi connectivity index (χ3n) is 0.0333. The standard InChI is InChI=1S/H2O2S2/c1-4-2-3/h3-4H. The molecule has 0 saturated heterocycles. The third kappa shape index (κ3) is 2.46. The molecule has 4 heavy (non-hydrogen) atoms. The Labute approximate surface area is 33.5 Å². The van der Waals surface area contributed by atoms with Gasteiger partial charge in [0.2, 0.25) is 0 Å². The number of rotatable bonds is 1. The summed E-state index contributed by atoms with van der Waals surface area (Å²) in [5.74, 6) is 0. The number of hydrogen-bond acceptors (Lipinski definition) is 3. The van der Waals surface area contributed by atoms with E-state index in [-0.39, 0.29) is 11.9 Å². The van der Waals surface area contributed by atoms with Crippen LogP contribution in [0.5, 0.6) is 0 Å². The molecule has 0 aliphatic heterocycles. The first-order valence-electron chi connectivity index (χ1n) is 0.548. The molecule has 0 unspecified atom stereocenters. The van der Waals surface area contributed by atoms with E-state index in [2.05, 4.69) is 16.5 Å². The van der Waals surface area contributed by atoms with Crippen LogP contribution >= 0.6 is 12.9 Å². The summed E-state index contributed by atoms with van der Waals surface area (Å²) in [6.45, 7) is 0. The lowest BCUT2D eigenvalue weighted by molar-refractivity contribution is 0.635. The zero-order chi connectivity index (χ0) is 3.41. The molecule has 0 aromatic rings. The molecule has 0 spiro atoms. The molecule has 0 aliphatic rings. The lowest BCUT2D eigenvalue weighted by Crippen LogP contribution is -1.49. The van der Waals surface area contributed by atoms with Crippen LogP contribution in [0.4, 0.5) is 0 Å². The van der Waals surface area contributed by atoms with Gasteiger partial charge in [0.1, 0.15) is 0 Å². The maximum Gasteiger partial charge on any atom is 0.153 e. The molecule has 0 saturated carbocycles. The van der Waals surface area contributed by atoms with E-state index in [0.29, 0.717) is 0 Å². The molecule has 0 amide bonds. The first kappa shape index (κ1) is 4.46. The van der Waals surface area contributed by atoms with E-state index in [1.165, 1.54) is 0 Å². The van der Waals surface area contributed by atoms with Gasteiger partial charge in [-0.3, -0.25) is 0 Å². The Kier molecular flexibility index (Phi) is 3.86. The van der Waals surface area contributed by atoms with Crippen molar-refractivity contribution in [1.29, 1.82) is 0 Å². The smallest absolute Gasteiger partial charge is 0.153 e. The molecule has 0 N–H and O–H groups in total. The molecule has 26 valence electrons. The van der Waals surface area contributed by atoms with Gasteiger partial charge in [-0.05, 0) is 12.9 Å². The Morgan fingerprint density at radius 3 is 2.25 bits per heavy atom. The molecule has 0 radical (unpaired) electrons. The Morgan fingerprint density at radius 1 is 2.00 bits per heavy atom. The van der Waals surface area contributed by atoms with Crippen molar-refractivity contribution in [2.45, 2.75) is 0 Å². The van der Waals surface area contributed by atoms with Crippen LogP contribution in [-0.4, -0.2) is 4.21 Å². The third-order valence-corrected chi connectivity index (χ3v) is 0.300. The maximum absolute atomic E-state index is 8.97. The molecule has 0 fully saturated rings. The normalized spacial score (nSPS) is 7.25. The Balaban J connectivity index is 2.30. The van der Waals surface area contributed by atoms with Gasteiger partial charge in [0.15, 0.2) is 11.9 Å². The molecular formula is H2O2S2. The van der Waals surface area contributed by atoms with Crippen LogP contribution < -0.4 is 0 Å². The molecule has 0 heterocycles. The van der Waals surface area contributed by atoms with E-state index < -0.39 is 0 Å². The average molecular weight is 98.1 g/mol. The van der Waals surface area contributed by atoms with Crippen molar-refractivity contribution in [2.24, 2.45) is 0 Å². The van der Waals surface area contributed by atoms with Crippen molar-refractivity contribution in [3.8, 4) is 0 Å². The van der Waals surface area contributed by atoms with Gasteiger partial charge in [-0.25, -0.2) is 7.84 Å². The topological polar surface area (TPSA) is 26.3 Å². The predicted molar refractivity (Wildman–Crippen MR) is 19.6 cm³/mol. The minimum atomic E-state index is -0.387. The van der Waals surface area contributed by atoms with E-state index in [1.54, 1.807) is 0 Å². The van der Waals surface area contributed by atoms with Gasteiger partial charge in [-0.2, -0.15) is 0 Å². The molecule has 0 aliphatic carbocycles. The first-order chi connectivity index (χ1) is 1.91.